The standard InChI is InChI=1S/C16H18N2O3S/c1-11-4-9-14(22-11)16(20)21-10-15(19)17-12-5-7-13(8-6-12)18(2)3/h4-9H,10H2,1-3H3,(H,17,19). The molecular weight excluding hydrogens is 300 g/mol. The average Bonchev–Trinajstić information content (AvgIpc) is 2.92. The number of ether oxygens (including phenoxy) is 1. The molecule has 116 valence electrons. The second kappa shape index (κ2) is 7.09. The number of esters is 1. The molecule has 0 saturated carbocycles. The van der Waals surface area contributed by atoms with E-state index in [2.05, 4.69) is 5.32 Å². The van der Waals surface area contributed by atoms with Crippen LogP contribution in [0.5, 0.6) is 0 Å². The van der Waals surface area contributed by atoms with Crippen molar-refractivity contribution in [3.05, 3.63) is 46.2 Å². The van der Waals surface area contributed by atoms with Crippen LogP contribution in [0.25, 0.3) is 0 Å². The topological polar surface area (TPSA) is 58.6 Å². The summed E-state index contributed by atoms with van der Waals surface area (Å²) in [6.07, 6.45) is 0. The summed E-state index contributed by atoms with van der Waals surface area (Å²) in [5.74, 6) is -0.838. The molecule has 22 heavy (non-hydrogen) atoms. The highest BCUT2D eigenvalue weighted by Crippen LogP contribution is 2.17. The quantitative estimate of drug-likeness (QED) is 0.861. The van der Waals surface area contributed by atoms with Crippen LogP contribution in [0.4, 0.5) is 11.4 Å². The molecule has 1 N–H and O–H groups in total. The predicted octanol–water partition coefficient (Wildman–Crippen LogP) is 2.92. The fourth-order valence-corrected chi connectivity index (χ4v) is 2.55. The lowest BCUT2D eigenvalue weighted by Gasteiger charge is -2.13. The van der Waals surface area contributed by atoms with E-state index in [1.807, 2.05) is 44.1 Å². The number of carbonyl (C=O) groups excluding carboxylic acids is 2. The summed E-state index contributed by atoms with van der Waals surface area (Å²) in [6, 6.07) is 10.9. The Labute approximate surface area is 133 Å². The van der Waals surface area contributed by atoms with Gasteiger partial charge in [-0.3, -0.25) is 4.79 Å². The van der Waals surface area contributed by atoms with Crippen molar-refractivity contribution in [3.8, 4) is 0 Å². The molecule has 0 aliphatic heterocycles. The van der Waals surface area contributed by atoms with Crippen LogP contribution in [0.1, 0.15) is 14.5 Å². The first-order valence-electron chi connectivity index (χ1n) is 6.76. The van der Waals surface area contributed by atoms with Gasteiger partial charge in [0.05, 0.1) is 0 Å². The first-order valence-corrected chi connectivity index (χ1v) is 7.58. The molecule has 0 atom stereocenters. The third-order valence-electron chi connectivity index (χ3n) is 2.94. The van der Waals surface area contributed by atoms with Gasteiger partial charge in [-0.1, -0.05) is 0 Å². The van der Waals surface area contributed by atoms with Gasteiger partial charge in [-0.05, 0) is 43.3 Å². The lowest BCUT2D eigenvalue weighted by Crippen LogP contribution is -2.20. The minimum atomic E-state index is -0.476. The second-order valence-corrected chi connectivity index (χ2v) is 6.26. The number of rotatable bonds is 5. The lowest BCUT2D eigenvalue weighted by molar-refractivity contribution is -0.119. The number of anilines is 2. The molecule has 0 fully saturated rings. The fraction of sp³-hybridized carbons (Fsp3) is 0.250. The van der Waals surface area contributed by atoms with Crippen LogP contribution >= 0.6 is 11.3 Å². The Hall–Kier alpha value is -2.34. The van der Waals surface area contributed by atoms with Gasteiger partial charge in [-0.2, -0.15) is 0 Å². The number of thiophene rings is 1. The largest absolute Gasteiger partial charge is 0.451 e. The number of hydrogen-bond acceptors (Lipinski definition) is 5. The van der Waals surface area contributed by atoms with Gasteiger partial charge in [0.2, 0.25) is 0 Å². The summed E-state index contributed by atoms with van der Waals surface area (Å²) in [6.45, 7) is 1.61. The van der Waals surface area contributed by atoms with Crippen LogP contribution in [0.15, 0.2) is 36.4 Å². The lowest BCUT2D eigenvalue weighted by atomic mass is 10.2. The number of benzene rings is 1. The van der Waals surface area contributed by atoms with E-state index < -0.39 is 5.97 Å². The van der Waals surface area contributed by atoms with E-state index >= 15 is 0 Å². The summed E-state index contributed by atoms with van der Waals surface area (Å²) < 4.78 is 4.99. The third kappa shape index (κ3) is 4.33. The maximum atomic E-state index is 11.8. The van der Waals surface area contributed by atoms with Crippen LogP contribution in [-0.4, -0.2) is 32.6 Å². The van der Waals surface area contributed by atoms with Gasteiger partial charge >= 0.3 is 5.97 Å². The molecule has 0 radical (unpaired) electrons. The van der Waals surface area contributed by atoms with Gasteiger partial charge in [0.25, 0.3) is 5.91 Å². The van der Waals surface area contributed by atoms with Crippen molar-refractivity contribution in [2.75, 3.05) is 30.9 Å². The first-order chi connectivity index (χ1) is 10.5. The van der Waals surface area contributed by atoms with Crippen LogP contribution in [0.3, 0.4) is 0 Å². The molecule has 5 nitrogen and oxygen atoms in total. The zero-order chi connectivity index (χ0) is 16.1. The highest BCUT2D eigenvalue weighted by atomic mass is 32.1. The highest BCUT2D eigenvalue weighted by Gasteiger charge is 2.12. The van der Waals surface area contributed by atoms with Gasteiger partial charge in [-0.15, -0.1) is 11.3 Å². The summed E-state index contributed by atoms with van der Waals surface area (Å²) in [7, 11) is 3.89. The highest BCUT2D eigenvalue weighted by molar-refractivity contribution is 7.13. The Bertz CT molecular complexity index is 662. The van der Waals surface area contributed by atoms with E-state index in [0.29, 0.717) is 10.6 Å². The minimum Gasteiger partial charge on any atom is -0.451 e. The Morgan fingerprint density at radius 3 is 2.36 bits per heavy atom. The van der Waals surface area contributed by atoms with Crippen molar-refractivity contribution in [2.45, 2.75) is 6.92 Å². The van der Waals surface area contributed by atoms with E-state index in [4.69, 9.17) is 4.74 Å². The van der Waals surface area contributed by atoms with E-state index in [0.717, 1.165) is 10.6 Å². The maximum absolute atomic E-state index is 11.8. The van der Waals surface area contributed by atoms with Gasteiger partial charge in [0.1, 0.15) is 4.88 Å². The third-order valence-corrected chi connectivity index (χ3v) is 3.92. The van der Waals surface area contributed by atoms with Gasteiger partial charge < -0.3 is 15.0 Å². The Morgan fingerprint density at radius 1 is 1.14 bits per heavy atom. The minimum absolute atomic E-state index is 0.300. The normalized spacial score (nSPS) is 10.1. The Balaban J connectivity index is 1.84. The molecule has 0 unspecified atom stereocenters. The smallest absolute Gasteiger partial charge is 0.348 e. The second-order valence-electron chi connectivity index (χ2n) is 4.98. The molecule has 1 aromatic carbocycles. The molecule has 0 aliphatic rings. The van der Waals surface area contributed by atoms with Crippen LogP contribution in [-0.2, 0) is 9.53 Å². The van der Waals surface area contributed by atoms with Crippen molar-refractivity contribution in [1.29, 1.82) is 0 Å². The zero-order valence-corrected chi connectivity index (χ0v) is 13.6. The molecule has 1 amide bonds. The van der Waals surface area contributed by atoms with Crippen molar-refractivity contribution in [3.63, 3.8) is 0 Å². The molecule has 0 aliphatic carbocycles. The molecule has 1 aromatic heterocycles. The SMILES string of the molecule is Cc1ccc(C(=O)OCC(=O)Nc2ccc(N(C)C)cc2)s1. The van der Waals surface area contributed by atoms with Crippen LogP contribution < -0.4 is 10.2 Å². The fourth-order valence-electron chi connectivity index (χ4n) is 1.79. The van der Waals surface area contributed by atoms with Gasteiger partial charge in [0, 0.05) is 30.3 Å². The van der Waals surface area contributed by atoms with Crippen molar-refractivity contribution >= 4 is 34.6 Å². The van der Waals surface area contributed by atoms with Crippen molar-refractivity contribution in [1.82, 2.24) is 0 Å². The number of aryl methyl sites for hydroxylation is 1. The zero-order valence-electron chi connectivity index (χ0n) is 12.8. The summed E-state index contributed by atoms with van der Waals surface area (Å²) in [5, 5.41) is 2.69. The molecule has 1 heterocycles. The summed E-state index contributed by atoms with van der Waals surface area (Å²) in [5.41, 5.74) is 1.70. The number of hydrogen-bond donors (Lipinski definition) is 1. The van der Waals surface area contributed by atoms with Crippen LogP contribution in [0, 0.1) is 6.92 Å². The van der Waals surface area contributed by atoms with Crippen LogP contribution in [0.2, 0.25) is 0 Å². The molecule has 0 bridgehead atoms. The maximum Gasteiger partial charge on any atom is 0.348 e. The van der Waals surface area contributed by atoms with E-state index in [1.165, 1.54) is 11.3 Å². The number of nitrogens with one attached hydrogen (secondary N) is 1. The van der Waals surface area contributed by atoms with Crippen molar-refractivity contribution < 1.29 is 14.3 Å². The molecular formula is C16H18N2O3S. The average molecular weight is 318 g/mol. The van der Waals surface area contributed by atoms with E-state index in [-0.39, 0.29) is 12.5 Å². The Morgan fingerprint density at radius 2 is 1.82 bits per heavy atom. The summed E-state index contributed by atoms with van der Waals surface area (Å²) in [4.78, 5) is 27.0. The van der Waals surface area contributed by atoms with Gasteiger partial charge in [0.15, 0.2) is 6.61 Å². The van der Waals surface area contributed by atoms with Gasteiger partial charge in [-0.25, -0.2) is 4.79 Å². The number of amides is 1. The van der Waals surface area contributed by atoms with E-state index in [9.17, 15) is 9.59 Å². The molecule has 0 saturated heterocycles. The first kappa shape index (κ1) is 16.0. The Kier molecular flexibility index (Phi) is 5.16. The predicted molar refractivity (Wildman–Crippen MR) is 88.7 cm³/mol. The molecule has 2 aromatic rings. The monoisotopic (exact) mass is 318 g/mol. The molecule has 0 spiro atoms. The number of carbonyl (C=O) groups is 2. The number of nitrogens with zero attached hydrogens (tertiary/aromatic N) is 1. The van der Waals surface area contributed by atoms with Crippen molar-refractivity contribution in [2.24, 2.45) is 0 Å². The van der Waals surface area contributed by atoms with E-state index in [1.54, 1.807) is 18.2 Å². The molecule has 6 heteroatoms. The summed E-state index contributed by atoms with van der Waals surface area (Å²) >= 11 is 1.34. The molecule has 2 rings (SSSR count).